The predicted octanol–water partition coefficient (Wildman–Crippen LogP) is 1.80. The summed E-state index contributed by atoms with van der Waals surface area (Å²) in [4.78, 5) is 24.3. The molecule has 1 aliphatic rings. The third kappa shape index (κ3) is 2.35. The number of rotatable bonds is 4. The molecule has 0 fully saturated rings. The van der Waals surface area contributed by atoms with Gasteiger partial charge in [-0.15, -0.1) is 6.58 Å². The predicted molar refractivity (Wildman–Crippen MR) is 75.2 cm³/mol. The maximum absolute atomic E-state index is 12.4. The topological polar surface area (TPSA) is 68.5 Å². The Labute approximate surface area is 117 Å². The van der Waals surface area contributed by atoms with E-state index in [-0.39, 0.29) is 17.9 Å². The molecule has 1 aromatic rings. The number of hydrogen-bond donors (Lipinski definition) is 1. The van der Waals surface area contributed by atoms with Gasteiger partial charge in [-0.3, -0.25) is 4.79 Å². The zero-order valence-electron chi connectivity index (χ0n) is 11.6. The molecule has 108 valence electrons. The molecule has 0 spiro atoms. The molecule has 0 aliphatic heterocycles. The monoisotopic (exact) mass is 277 g/mol. The van der Waals surface area contributed by atoms with Crippen LogP contribution in [-0.2, 0) is 24.1 Å². The molecule has 0 unspecified atom stereocenters. The van der Waals surface area contributed by atoms with Gasteiger partial charge in [-0.1, -0.05) is 6.08 Å². The van der Waals surface area contributed by atoms with Crippen LogP contribution >= 0.6 is 0 Å². The number of allylic oxidation sites excluding steroid dienone is 1. The lowest BCUT2D eigenvalue weighted by Crippen LogP contribution is -2.32. The first kappa shape index (κ1) is 14.4. The van der Waals surface area contributed by atoms with Crippen molar-refractivity contribution in [2.75, 3.05) is 6.61 Å². The Bertz CT molecular complexity index is 601. The first-order valence-corrected chi connectivity index (χ1v) is 6.87. The van der Waals surface area contributed by atoms with E-state index in [1.165, 1.54) is 4.57 Å². The van der Waals surface area contributed by atoms with E-state index in [9.17, 15) is 14.7 Å². The summed E-state index contributed by atoms with van der Waals surface area (Å²) in [6, 6.07) is 0. The van der Waals surface area contributed by atoms with E-state index in [2.05, 4.69) is 6.58 Å². The molecule has 0 amide bonds. The van der Waals surface area contributed by atoms with Gasteiger partial charge in [0.15, 0.2) is 5.56 Å². The number of fused-ring (bicyclic) bond motifs is 1. The summed E-state index contributed by atoms with van der Waals surface area (Å²) in [6.45, 7) is 5.79. The number of aromatic hydroxyl groups is 1. The maximum Gasteiger partial charge on any atom is 0.347 e. The molecular weight excluding hydrogens is 258 g/mol. The summed E-state index contributed by atoms with van der Waals surface area (Å²) >= 11 is 0. The molecule has 1 aromatic heterocycles. The molecule has 1 N–H and O–H groups in total. The molecule has 1 aliphatic carbocycles. The normalized spacial score (nSPS) is 13.7. The van der Waals surface area contributed by atoms with E-state index in [1.807, 2.05) is 0 Å². The molecule has 5 heteroatoms. The molecule has 0 saturated carbocycles. The van der Waals surface area contributed by atoms with Crippen LogP contribution in [-0.4, -0.2) is 22.2 Å². The highest BCUT2D eigenvalue weighted by Crippen LogP contribution is 2.30. The second kappa shape index (κ2) is 5.94. The minimum absolute atomic E-state index is 0.163. The molecule has 0 aromatic carbocycles. The first-order chi connectivity index (χ1) is 9.61. The number of pyridine rings is 1. The van der Waals surface area contributed by atoms with Gasteiger partial charge in [-0.25, -0.2) is 4.79 Å². The van der Waals surface area contributed by atoms with E-state index in [0.29, 0.717) is 18.5 Å². The molecule has 20 heavy (non-hydrogen) atoms. The molecule has 0 radical (unpaired) electrons. The average Bonchev–Trinajstić information content (AvgIpc) is 2.44. The average molecular weight is 277 g/mol. The number of carbonyl (C=O) groups is 1. The second-order valence-corrected chi connectivity index (χ2v) is 4.78. The van der Waals surface area contributed by atoms with Crippen molar-refractivity contribution in [3.05, 3.63) is 39.8 Å². The lowest BCUT2D eigenvalue weighted by molar-refractivity contribution is 0.0519. The molecular formula is C15H19NO4. The van der Waals surface area contributed by atoms with E-state index in [1.54, 1.807) is 13.0 Å². The maximum atomic E-state index is 12.4. The summed E-state index contributed by atoms with van der Waals surface area (Å²) in [6.07, 6.45) is 4.93. The van der Waals surface area contributed by atoms with Crippen molar-refractivity contribution in [1.29, 1.82) is 0 Å². The number of carbonyl (C=O) groups excluding carboxylic acids is 1. The van der Waals surface area contributed by atoms with Gasteiger partial charge in [0.25, 0.3) is 5.56 Å². The highest BCUT2D eigenvalue weighted by molar-refractivity contribution is 5.92. The number of esters is 1. The summed E-state index contributed by atoms with van der Waals surface area (Å²) in [7, 11) is 0. The minimum atomic E-state index is -0.763. The van der Waals surface area contributed by atoms with Crippen LogP contribution < -0.4 is 5.56 Å². The summed E-state index contributed by atoms with van der Waals surface area (Å²) in [5, 5.41) is 10.3. The van der Waals surface area contributed by atoms with Gasteiger partial charge in [-0.2, -0.15) is 0 Å². The van der Waals surface area contributed by atoms with Crippen molar-refractivity contribution in [1.82, 2.24) is 4.57 Å². The fraction of sp³-hybridized carbons (Fsp3) is 0.467. The van der Waals surface area contributed by atoms with Gasteiger partial charge in [0.1, 0.15) is 5.75 Å². The van der Waals surface area contributed by atoms with Crippen LogP contribution in [0.4, 0.5) is 0 Å². The van der Waals surface area contributed by atoms with Gasteiger partial charge in [0, 0.05) is 17.8 Å². The number of nitrogens with zero attached hydrogens (tertiary/aromatic N) is 1. The van der Waals surface area contributed by atoms with Crippen molar-refractivity contribution >= 4 is 5.97 Å². The van der Waals surface area contributed by atoms with E-state index < -0.39 is 11.5 Å². The Balaban J connectivity index is 2.69. The van der Waals surface area contributed by atoms with Gasteiger partial charge in [0.2, 0.25) is 0 Å². The van der Waals surface area contributed by atoms with Crippen LogP contribution in [0.2, 0.25) is 0 Å². The molecule has 0 saturated heterocycles. The van der Waals surface area contributed by atoms with Gasteiger partial charge >= 0.3 is 5.97 Å². The number of hydrogen-bond acceptors (Lipinski definition) is 4. The van der Waals surface area contributed by atoms with Crippen molar-refractivity contribution < 1.29 is 14.6 Å². The highest BCUT2D eigenvalue weighted by Gasteiger charge is 2.27. The van der Waals surface area contributed by atoms with E-state index >= 15 is 0 Å². The van der Waals surface area contributed by atoms with Crippen molar-refractivity contribution in [3.63, 3.8) is 0 Å². The van der Waals surface area contributed by atoms with Crippen LogP contribution in [0.5, 0.6) is 5.75 Å². The van der Waals surface area contributed by atoms with Crippen LogP contribution in [0.1, 0.15) is 41.4 Å². The second-order valence-electron chi connectivity index (χ2n) is 4.78. The third-order valence-electron chi connectivity index (χ3n) is 3.54. The number of aromatic nitrogens is 1. The summed E-state index contributed by atoms with van der Waals surface area (Å²) in [5.74, 6) is -0.968. The molecule has 0 bridgehead atoms. The third-order valence-corrected chi connectivity index (χ3v) is 3.54. The van der Waals surface area contributed by atoms with Gasteiger partial charge in [-0.05, 0) is 32.6 Å². The standard InChI is InChI=1S/C15H19NO4/c1-3-9-16-11-8-6-5-7-10(11)13(17)12(14(16)18)15(19)20-4-2/h3,17H,1,4-9H2,2H3. The highest BCUT2D eigenvalue weighted by atomic mass is 16.5. The molecule has 2 rings (SSSR count). The van der Waals surface area contributed by atoms with Crippen LogP contribution in [0, 0.1) is 0 Å². The van der Waals surface area contributed by atoms with Crippen LogP contribution in [0.15, 0.2) is 17.4 Å². The summed E-state index contributed by atoms with van der Waals surface area (Å²) < 4.78 is 6.40. The molecule has 1 heterocycles. The van der Waals surface area contributed by atoms with Crippen molar-refractivity contribution in [3.8, 4) is 5.75 Å². The van der Waals surface area contributed by atoms with Crippen molar-refractivity contribution in [2.24, 2.45) is 0 Å². The molecule has 5 nitrogen and oxygen atoms in total. The Hall–Kier alpha value is -2.04. The lowest BCUT2D eigenvalue weighted by atomic mass is 9.93. The summed E-state index contributed by atoms with van der Waals surface area (Å²) in [5.41, 5.74) is 0.753. The fourth-order valence-electron chi connectivity index (χ4n) is 2.66. The quantitative estimate of drug-likeness (QED) is 0.673. The largest absolute Gasteiger partial charge is 0.506 e. The first-order valence-electron chi connectivity index (χ1n) is 6.87. The zero-order valence-corrected chi connectivity index (χ0v) is 11.6. The Kier molecular flexibility index (Phi) is 4.27. The van der Waals surface area contributed by atoms with E-state index in [0.717, 1.165) is 25.0 Å². The van der Waals surface area contributed by atoms with Gasteiger partial charge < -0.3 is 14.4 Å². The minimum Gasteiger partial charge on any atom is -0.506 e. The Morgan fingerprint density at radius 3 is 2.80 bits per heavy atom. The smallest absolute Gasteiger partial charge is 0.347 e. The van der Waals surface area contributed by atoms with Crippen LogP contribution in [0.3, 0.4) is 0 Å². The number of ether oxygens (including phenoxy) is 1. The SMILES string of the molecule is C=CCn1c2c(c(O)c(C(=O)OCC)c1=O)CCCC2. The van der Waals surface area contributed by atoms with Crippen LogP contribution in [0.25, 0.3) is 0 Å². The molecule has 0 atom stereocenters. The Morgan fingerprint density at radius 1 is 1.45 bits per heavy atom. The van der Waals surface area contributed by atoms with Gasteiger partial charge in [0.05, 0.1) is 6.61 Å². The Morgan fingerprint density at radius 2 is 2.15 bits per heavy atom. The van der Waals surface area contributed by atoms with E-state index in [4.69, 9.17) is 4.74 Å². The fourth-order valence-corrected chi connectivity index (χ4v) is 2.66. The van der Waals surface area contributed by atoms with Crippen molar-refractivity contribution in [2.45, 2.75) is 39.2 Å². The lowest BCUT2D eigenvalue weighted by Gasteiger charge is -2.22. The zero-order chi connectivity index (χ0) is 14.7.